The smallest absolute Gasteiger partial charge is 0.263 e. The molecule has 0 fully saturated rings. The molecular weight excluding hydrogens is 321 g/mol. The topological polar surface area (TPSA) is 20.3 Å². The third-order valence-electron chi connectivity index (χ3n) is 3.42. The van der Waals surface area contributed by atoms with Gasteiger partial charge in [0.25, 0.3) is 5.91 Å². The first-order chi connectivity index (χ1) is 9.50. The molecule has 20 heavy (non-hydrogen) atoms. The van der Waals surface area contributed by atoms with Gasteiger partial charge in [-0.3, -0.25) is 9.69 Å². The molecule has 0 spiro atoms. The van der Waals surface area contributed by atoms with Crippen molar-refractivity contribution in [3.05, 3.63) is 70.0 Å². The predicted octanol–water partition coefficient (Wildman–Crippen LogP) is 4.53. The summed E-state index contributed by atoms with van der Waals surface area (Å²) in [5, 5.41) is 0. The summed E-state index contributed by atoms with van der Waals surface area (Å²) < 4.78 is 14.2. The molecule has 0 atom stereocenters. The number of halogens is 2. The Morgan fingerprint density at radius 1 is 1.20 bits per heavy atom. The number of aryl methyl sites for hydroxylation is 1. The van der Waals surface area contributed by atoms with Crippen LogP contribution in [0.3, 0.4) is 0 Å². The van der Waals surface area contributed by atoms with Gasteiger partial charge in [-0.25, -0.2) is 4.39 Å². The van der Waals surface area contributed by atoms with E-state index in [9.17, 15) is 9.18 Å². The molecular formula is C16H11BrFNO. The lowest BCUT2D eigenvalue weighted by Gasteiger charge is -2.20. The molecule has 1 aliphatic heterocycles. The van der Waals surface area contributed by atoms with Gasteiger partial charge in [-0.2, -0.15) is 0 Å². The summed E-state index contributed by atoms with van der Waals surface area (Å²) in [6.07, 6.45) is 0. The largest absolute Gasteiger partial charge is 0.277 e. The van der Waals surface area contributed by atoms with Gasteiger partial charge in [-0.05, 0) is 46.6 Å². The van der Waals surface area contributed by atoms with Crippen molar-refractivity contribution in [2.24, 2.45) is 0 Å². The fraction of sp³-hybridized carbons (Fsp3) is 0.0625. The van der Waals surface area contributed by atoms with Crippen molar-refractivity contribution in [3.8, 4) is 0 Å². The van der Waals surface area contributed by atoms with Crippen LogP contribution in [0.1, 0.15) is 21.5 Å². The highest BCUT2D eigenvalue weighted by Crippen LogP contribution is 2.38. The van der Waals surface area contributed by atoms with E-state index in [0.717, 1.165) is 11.1 Å². The summed E-state index contributed by atoms with van der Waals surface area (Å²) in [5.74, 6) is -0.572. The van der Waals surface area contributed by atoms with Crippen molar-refractivity contribution in [1.29, 1.82) is 0 Å². The first-order valence-corrected chi connectivity index (χ1v) is 6.88. The Labute approximate surface area is 124 Å². The van der Waals surface area contributed by atoms with E-state index in [1.807, 2.05) is 25.1 Å². The molecule has 0 saturated heterocycles. The number of carbonyl (C=O) groups is 1. The Hall–Kier alpha value is -1.94. The van der Waals surface area contributed by atoms with Crippen LogP contribution >= 0.6 is 15.9 Å². The third-order valence-corrected chi connectivity index (χ3v) is 4.03. The maximum atomic E-state index is 13.8. The monoisotopic (exact) mass is 331 g/mol. The highest BCUT2D eigenvalue weighted by molar-refractivity contribution is 9.10. The van der Waals surface area contributed by atoms with Gasteiger partial charge >= 0.3 is 0 Å². The second-order valence-corrected chi connectivity index (χ2v) is 5.54. The number of fused-ring (bicyclic) bond motifs is 1. The van der Waals surface area contributed by atoms with Gasteiger partial charge in [0.1, 0.15) is 5.82 Å². The van der Waals surface area contributed by atoms with Crippen LogP contribution in [0.25, 0.3) is 5.70 Å². The quantitative estimate of drug-likeness (QED) is 0.751. The molecule has 0 aliphatic carbocycles. The Morgan fingerprint density at radius 3 is 2.50 bits per heavy atom. The lowest BCUT2D eigenvalue weighted by Crippen LogP contribution is -2.23. The van der Waals surface area contributed by atoms with Crippen molar-refractivity contribution >= 4 is 33.2 Å². The maximum Gasteiger partial charge on any atom is 0.263 e. The van der Waals surface area contributed by atoms with E-state index in [2.05, 4.69) is 22.5 Å². The lowest BCUT2D eigenvalue weighted by molar-refractivity contribution is 0.101. The second kappa shape index (κ2) is 4.56. The molecule has 1 aliphatic rings. The molecule has 3 rings (SSSR count). The van der Waals surface area contributed by atoms with E-state index < -0.39 is 5.82 Å². The lowest BCUT2D eigenvalue weighted by atomic mass is 10.1. The van der Waals surface area contributed by atoms with Gasteiger partial charge in [0, 0.05) is 11.1 Å². The number of benzene rings is 2. The minimum absolute atomic E-state index is 0.171. The highest BCUT2D eigenvalue weighted by Gasteiger charge is 2.32. The van der Waals surface area contributed by atoms with Crippen molar-refractivity contribution in [3.63, 3.8) is 0 Å². The van der Waals surface area contributed by atoms with E-state index in [0.29, 0.717) is 21.4 Å². The van der Waals surface area contributed by atoms with E-state index in [1.165, 1.54) is 11.0 Å². The van der Waals surface area contributed by atoms with Crippen molar-refractivity contribution < 1.29 is 9.18 Å². The molecule has 1 amide bonds. The number of hydrogen-bond acceptors (Lipinski definition) is 1. The molecule has 4 heteroatoms. The van der Waals surface area contributed by atoms with Crippen LogP contribution < -0.4 is 4.90 Å². The summed E-state index contributed by atoms with van der Waals surface area (Å²) in [5.41, 5.74) is 3.30. The minimum Gasteiger partial charge on any atom is -0.277 e. The Kier molecular flexibility index (Phi) is 2.98. The summed E-state index contributed by atoms with van der Waals surface area (Å²) in [7, 11) is 0. The number of anilines is 1. The highest BCUT2D eigenvalue weighted by atomic mass is 79.9. The fourth-order valence-corrected chi connectivity index (χ4v) is 2.87. The van der Waals surface area contributed by atoms with Crippen LogP contribution in [0.5, 0.6) is 0 Å². The Bertz CT molecular complexity index is 719. The average Bonchev–Trinajstić information content (AvgIpc) is 2.68. The molecule has 2 aromatic rings. The predicted molar refractivity (Wildman–Crippen MR) is 81.1 cm³/mol. The number of nitrogens with zero attached hydrogens (tertiary/aromatic N) is 1. The first kappa shape index (κ1) is 13.1. The van der Waals surface area contributed by atoms with E-state index in [1.54, 1.807) is 12.1 Å². The van der Waals surface area contributed by atoms with Gasteiger partial charge in [-0.1, -0.05) is 24.8 Å². The molecule has 0 N–H and O–H groups in total. The molecule has 0 bridgehead atoms. The molecule has 100 valence electrons. The number of carbonyl (C=O) groups excluding carboxylic acids is 1. The zero-order valence-electron chi connectivity index (χ0n) is 10.8. The molecule has 2 nitrogen and oxygen atoms in total. The Balaban J connectivity index is 2.17. The van der Waals surface area contributed by atoms with Crippen LogP contribution in [0.2, 0.25) is 0 Å². The van der Waals surface area contributed by atoms with Gasteiger partial charge in [-0.15, -0.1) is 0 Å². The van der Waals surface area contributed by atoms with Crippen molar-refractivity contribution in [2.45, 2.75) is 6.92 Å². The third kappa shape index (κ3) is 1.79. The van der Waals surface area contributed by atoms with Crippen LogP contribution in [0, 0.1) is 12.7 Å². The second-order valence-electron chi connectivity index (χ2n) is 4.69. The molecule has 0 saturated carbocycles. The fourth-order valence-electron chi connectivity index (χ4n) is 2.42. The van der Waals surface area contributed by atoms with Crippen LogP contribution in [-0.2, 0) is 0 Å². The number of rotatable bonds is 1. The molecule has 1 heterocycles. The summed E-state index contributed by atoms with van der Waals surface area (Å²) in [4.78, 5) is 14.0. The maximum absolute atomic E-state index is 13.8. The molecule has 2 aromatic carbocycles. The number of amides is 1. The zero-order valence-corrected chi connectivity index (χ0v) is 12.4. The van der Waals surface area contributed by atoms with Gasteiger partial charge < -0.3 is 0 Å². The first-order valence-electron chi connectivity index (χ1n) is 6.09. The van der Waals surface area contributed by atoms with Gasteiger partial charge in [0.05, 0.1) is 15.9 Å². The van der Waals surface area contributed by atoms with Crippen molar-refractivity contribution in [2.75, 3.05) is 4.90 Å². The standard InChI is InChI=1S/C16H11BrFNO/c1-9-7-13(17)14(18)8-15(9)19-10(2)11-5-3-4-6-12(11)16(19)20/h3-8H,2H2,1H3. The molecule has 0 unspecified atom stereocenters. The average molecular weight is 332 g/mol. The van der Waals surface area contributed by atoms with Crippen molar-refractivity contribution in [1.82, 2.24) is 0 Å². The summed E-state index contributed by atoms with van der Waals surface area (Å²) >= 11 is 3.15. The van der Waals surface area contributed by atoms with E-state index in [-0.39, 0.29) is 5.91 Å². The van der Waals surface area contributed by atoms with Crippen LogP contribution in [0.4, 0.5) is 10.1 Å². The normalized spacial score (nSPS) is 13.8. The molecule has 0 aromatic heterocycles. The minimum atomic E-state index is -0.401. The van der Waals surface area contributed by atoms with Gasteiger partial charge in [0.2, 0.25) is 0 Å². The zero-order chi connectivity index (χ0) is 14.4. The summed E-state index contributed by atoms with van der Waals surface area (Å²) in [6, 6.07) is 10.3. The van der Waals surface area contributed by atoms with E-state index >= 15 is 0 Å². The SMILES string of the molecule is C=C1c2ccccc2C(=O)N1c1cc(F)c(Br)cc1C. The summed E-state index contributed by atoms with van der Waals surface area (Å²) in [6.45, 7) is 5.80. The van der Waals surface area contributed by atoms with Crippen LogP contribution in [-0.4, -0.2) is 5.91 Å². The van der Waals surface area contributed by atoms with Crippen LogP contribution in [0.15, 0.2) is 47.4 Å². The van der Waals surface area contributed by atoms with E-state index in [4.69, 9.17) is 0 Å². The Morgan fingerprint density at radius 2 is 1.85 bits per heavy atom. The number of hydrogen-bond donors (Lipinski definition) is 0. The molecule has 0 radical (unpaired) electrons. The van der Waals surface area contributed by atoms with Gasteiger partial charge in [0.15, 0.2) is 0 Å².